The number of carbonyl (C=O) groups is 2. The summed E-state index contributed by atoms with van der Waals surface area (Å²) in [4.78, 5) is 24.0. The van der Waals surface area contributed by atoms with Gasteiger partial charge >= 0.3 is 5.97 Å². The smallest absolute Gasteiger partial charge is 0.323 e. The van der Waals surface area contributed by atoms with Crippen LogP contribution in [0, 0.1) is 24.2 Å². The Morgan fingerprint density at radius 3 is 2.71 bits per heavy atom. The number of nitrogens with two attached hydrogens (primary N) is 1. The van der Waals surface area contributed by atoms with Crippen LogP contribution in [-0.4, -0.2) is 41.5 Å². The molecule has 1 rings (SSSR count). The summed E-state index contributed by atoms with van der Waals surface area (Å²) in [6.07, 6.45) is 7.83. The van der Waals surface area contributed by atoms with Gasteiger partial charge in [0.25, 0.3) is 0 Å². The molecule has 0 aromatic heterocycles. The summed E-state index contributed by atoms with van der Waals surface area (Å²) in [7, 11) is 0. The first-order valence-corrected chi connectivity index (χ1v) is 5.74. The topological polar surface area (TPSA) is 83.6 Å². The van der Waals surface area contributed by atoms with Crippen molar-refractivity contribution in [3.05, 3.63) is 0 Å². The van der Waals surface area contributed by atoms with Gasteiger partial charge in [-0.15, -0.1) is 6.42 Å². The highest BCUT2D eigenvalue weighted by molar-refractivity contribution is 5.83. The van der Waals surface area contributed by atoms with Crippen LogP contribution in [0.1, 0.15) is 19.3 Å². The highest BCUT2D eigenvalue weighted by atomic mass is 16.4. The molecule has 0 aliphatic heterocycles. The van der Waals surface area contributed by atoms with Gasteiger partial charge in [-0.2, -0.15) is 0 Å². The maximum atomic E-state index is 12.2. The Morgan fingerprint density at radius 2 is 2.18 bits per heavy atom. The zero-order valence-corrected chi connectivity index (χ0v) is 9.76. The monoisotopic (exact) mass is 238 g/mol. The lowest BCUT2D eigenvalue weighted by Crippen LogP contribution is -2.42. The van der Waals surface area contributed by atoms with Gasteiger partial charge < -0.3 is 15.7 Å². The van der Waals surface area contributed by atoms with E-state index in [1.165, 1.54) is 4.90 Å². The lowest BCUT2D eigenvalue weighted by molar-refractivity contribution is -0.146. The first kappa shape index (κ1) is 13.5. The van der Waals surface area contributed by atoms with Crippen molar-refractivity contribution in [2.24, 2.45) is 17.6 Å². The van der Waals surface area contributed by atoms with Gasteiger partial charge in [-0.1, -0.05) is 12.3 Å². The van der Waals surface area contributed by atoms with Gasteiger partial charge in [0.15, 0.2) is 0 Å². The van der Waals surface area contributed by atoms with E-state index in [0.29, 0.717) is 6.54 Å². The van der Waals surface area contributed by atoms with Crippen LogP contribution in [0.3, 0.4) is 0 Å². The summed E-state index contributed by atoms with van der Waals surface area (Å²) in [6.45, 7) is 0.170. The molecule has 0 heterocycles. The number of rotatable bonds is 5. The van der Waals surface area contributed by atoms with E-state index in [4.69, 9.17) is 17.3 Å². The Labute approximate surface area is 101 Å². The number of amides is 1. The maximum Gasteiger partial charge on any atom is 0.323 e. The molecule has 1 amide bonds. The maximum absolute atomic E-state index is 12.2. The number of aliphatic carboxylic acids is 1. The van der Waals surface area contributed by atoms with Crippen LogP contribution >= 0.6 is 0 Å². The van der Waals surface area contributed by atoms with E-state index in [1.54, 1.807) is 0 Å². The molecule has 0 radical (unpaired) electrons. The average Bonchev–Trinajstić information content (AvgIpc) is 2.74. The van der Waals surface area contributed by atoms with Crippen molar-refractivity contribution in [1.82, 2.24) is 4.90 Å². The van der Waals surface area contributed by atoms with Crippen LogP contribution in [0.5, 0.6) is 0 Å². The average molecular weight is 238 g/mol. The number of nitrogens with zero attached hydrogens (tertiary/aromatic N) is 1. The Bertz CT molecular complexity index is 335. The molecule has 0 aromatic rings. The van der Waals surface area contributed by atoms with E-state index in [0.717, 1.165) is 19.3 Å². The minimum Gasteiger partial charge on any atom is -0.480 e. The lowest BCUT2D eigenvalue weighted by Gasteiger charge is -2.25. The van der Waals surface area contributed by atoms with Crippen LogP contribution in [0.15, 0.2) is 0 Å². The van der Waals surface area contributed by atoms with Crippen molar-refractivity contribution in [2.75, 3.05) is 19.6 Å². The summed E-state index contributed by atoms with van der Waals surface area (Å²) in [5.41, 5.74) is 5.61. The number of terminal acetylenes is 1. The van der Waals surface area contributed by atoms with Crippen molar-refractivity contribution in [2.45, 2.75) is 19.3 Å². The molecule has 0 aromatic carbocycles. The van der Waals surface area contributed by atoms with Crippen molar-refractivity contribution in [3.63, 3.8) is 0 Å². The second-order valence-corrected chi connectivity index (χ2v) is 4.33. The van der Waals surface area contributed by atoms with Crippen LogP contribution in [0.4, 0.5) is 0 Å². The third kappa shape index (κ3) is 3.46. The molecule has 1 saturated carbocycles. The van der Waals surface area contributed by atoms with E-state index < -0.39 is 5.97 Å². The molecular weight excluding hydrogens is 220 g/mol. The van der Waals surface area contributed by atoms with Crippen molar-refractivity contribution >= 4 is 11.9 Å². The Hall–Kier alpha value is -1.54. The number of carboxylic acid groups (broad SMARTS) is 1. The molecule has 3 N–H and O–H groups in total. The molecule has 0 bridgehead atoms. The zero-order valence-electron chi connectivity index (χ0n) is 9.76. The summed E-state index contributed by atoms with van der Waals surface area (Å²) in [5.74, 6) is 1.11. The predicted molar refractivity (Wildman–Crippen MR) is 62.9 cm³/mol. The molecule has 1 aliphatic rings. The van der Waals surface area contributed by atoms with E-state index >= 15 is 0 Å². The molecule has 2 atom stereocenters. The van der Waals surface area contributed by atoms with Gasteiger partial charge in [0.05, 0.1) is 6.54 Å². The van der Waals surface area contributed by atoms with E-state index in [-0.39, 0.29) is 30.8 Å². The summed E-state index contributed by atoms with van der Waals surface area (Å²) < 4.78 is 0. The number of carbonyl (C=O) groups excluding carboxylic acids is 1. The first-order chi connectivity index (χ1) is 8.10. The molecule has 5 nitrogen and oxygen atoms in total. The van der Waals surface area contributed by atoms with Gasteiger partial charge in [0, 0.05) is 5.92 Å². The summed E-state index contributed by atoms with van der Waals surface area (Å²) in [5, 5.41) is 8.74. The third-order valence-electron chi connectivity index (χ3n) is 3.20. The lowest BCUT2D eigenvalue weighted by atomic mass is 9.94. The molecule has 94 valence electrons. The largest absolute Gasteiger partial charge is 0.480 e. The van der Waals surface area contributed by atoms with Crippen LogP contribution in [0.2, 0.25) is 0 Å². The summed E-state index contributed by atoms with van der Waals surface area (Å²) >= 11 is 0. The van der Waals surface area contributed by atoms with Gasteiger partial charge in [-0.3, -0.25) is 9.59 Å². The second kappa shape index (κ2) is 6.26. The Morgan fingerprint density at radius 1 is 1.47 bits per heavy atom. The molecule has 5 heteroatoms. The summed E-state index contributed by atoms with van der Waals surface area (Å²) in [6, 6.07) is 0. The van der Waals surface area contributed by atoms with E-state index in [9.17, 15) is 9.59 Å². The zero-order chi connectivity index (χ0) is 12.8. The van der Waals surface area contributed by atoms with E-state index in [2.05, 4.69) is 5.92 Å². The fraction of sp³-hybridized carbons (Fsp3) is 0.667. The van der Waals surface area contributed by atoms with Crippen molar-refractivity contribution in [1.29, 1.82) is 0 Å². The number of carboxylic acids is 1. The molecule has 0 spiro atoms. The minimum absolute atomic E-state index is 0.0406. The highest BCUT2D eigenvalue weighted by Crippen LogP contribution is 2.32. The van der Waals surface area contributed by atoms with Crippen LogP contribution in [-0.2, 0) is 9.59 Å². The van der Waals surface area contributed by atoms with Gasteiger partial charge in [-0.25, -0.2) is 0 Å². The normalized spacial score (nSPS) is 23.1. The molecular formula is C12H18N2O3. The van der Waals surface area contributed by atoms with E-state index in [1.807, 2.05) is 0 Å². The molecule has 0 saturated heterocycles. The van der Waals surface area contributed by atoms with Crippen molar-refractivity contribution < 1.29 is 14.7 Å². The van der Waals surface area contributed by atoms with Gasteiger partial charge in [0.1, 0.15) is 6.54 Å². The molecule has 2 unspecified atom stereocenters. The quantitative estimate of drug-likeness (QED) is 0.655. The highest BCUT2D eigenvalue weighted by Gasteiger charge is 2.34. The van der Waals surface area contributed by atoms with Crippen LogP contribution in [0.25, 0.3) is 0 Å². The second-order valence-electron chi connectivity index (χ2n) is 4.33. The Kier molecular flexibility index (Phi) is 4.98. The van der Waals surface area contributed by atoms with Crippen molar-refractivity contribution in [3.8, 4) is 12.3 Å². The van der Waals surface area contributed by atoms with Gasteiger partial charge in [-0.05, 0) is 25.3 Å². The molecule has 1 aliphatic carbocycles. The SMILES string of the molecule is C#CCN(CC(=O)O)C(=O)C1CCCC1CN. The fourth-order valence-corrected chi connectivity index (χ4v) is 2.36. The molecule has 1 fully saturated rings. The Balaban J connectivity index is 2.70. The van der Waals surface area contributed by atoms with Crippen LogP contribution < -0.4 is 5.73 Å². The number of hydrogen-bond acceptors (Lipinski definition) is 3. The minimum atomic E-state index is -1.05. The third-order valence-corrected chi connectivity index (χ3v) is 3.20. The molecule has 17 heavy (non-hydrogen) atoms. The number of hydrogen-bond donors (Lipinski definition) is 2. The predicted octanol–water partition coefficient (Wildman–Crippen LogP) is -0.0922. The standard InChI is InChI=1S/C12H18N2O3/c1-2-6-14(8-11(15)16)12(17)10-5-3-4-9(10)7-13/h1,9-10H,3-8,13H2,(H,15,16). The van der Waals surface area contributed by atoms with Gasteiger partial charge in [0.2, 0.25) is 5.91 Å². The fourth-order valence-electron chi connectivity index (χ4n) is 2.36. The first-order valence-electron chi connectivity index (χ1n) is 5.74.